The second-order valence-corrected chi connectivity index (χ2v) is 3.27. The number of benzene rings is 1. The first-order valence-electron chi connectivity index (χ1n) is 4.93. The second kappa shape index (κ2) is 5.76. The number of hydrogen-bond acceptors (Lipinski definition) is 1. The van der Waals surface area contributed by atoms with Gasteiger partial charge >= 0.3 is 0 Å². The smallest absolute Gasteiger partial charge is 0.0465 e. The van der Waals surface area contributed by atoms with Crippen molar-refractivity contribution in [1.29, 1.82) is 0 Å². The fourth-order valence-corrected chi connectivity index (χ4v) is 1.43. The molecule has 1 aromatic carbocycles. The molecule has 0 unspecified atom stereocenters. The SMILES string of the molecule is CCc1cccc(CCCOC)c1. The average molecular weight is 178 g/mol. The predicted octanol–water partition coefficient (Wildman–Crippen LogP) is 2.83. The van der Waals surface area contributed by atoms with Gasteiger partial charge in [0.1, 0.15) is 0 Å². The molecule has 0 atom stereocenters. The molecular weight excluding hydrogens is 160 g/mol. The molecule has 0 saturated carbocycles. The Morgan fingerprint density at radius 3 is 2.69 bits per heavy atom. The van der Waals surface area contributed by atoms with Crippen LogP contribution in [0.15, 0.2) is 24.3 Å². The van der Waals surface area contributed by atoms with Gasteiger partial charge in [0.2, 0.25) is 0 Å². The number of rotatable bonds is 5. The fourth-order valence-electron chi connectivity index (χ4n) is 1.43. The summed E-state index contributed by atoms with van der Waals surface area (Å²) in [5.74, 6) is 0. The summed E-state index contributed by atoms with van der Waals surface area (Å²) in [6.07, 6.45) is 3.36. The van der Waals surface area contributed by atoms with E-state index in [4.69, 9.17) is 4.74 Å². The summed E-state index contributed by atoms with van der Waals surface area (Å²) >= 11 is 0. The molecule has 72 valence electrons. The van der Waals surface area contributed by atoms with Crippen molar-refractivity contribution in [1.82, 2.24) is 0 Å². The minimum absolute atomic E-state index is 0.857. The lowest BCUT2D eigenvalue weighted by atomic mass is 10.1. The molecule has 0 radical (unpaired) electrons. The maximum absolute atomic E-state index is 5.02. The zero-order chi connectivity index (χ0) is 9.52. The van der Waals surface area contributed by atoms with Gasteiger partial charge in [-0.1, -0.05) is 31.2 Å². The Bertz CT molecular complexity index is 243. The van der Waals surface area contributed by atoms with Crippen LogP contribution in [0.3, 0.4) is 0 Å². The van der Waals surface area contributed by atoms with E-state index in [-0.39, 0.29) is 0 Å². The molecule has 0 N–H and O–H groups in total. The Morgan fingerprint density at radius 1 is 1.23 bits per heavy atom. The quantitative estimate of drug-likeness (QED) is 0.630. The molecule has 0 amide bonds. The van der Waals surface area contributed by atoms with E-state index in [1.54, 1.807) is 7.11 Å². The van der Waals surface area contributed by atoms with Crippen LogP contribution in [0.1, 0.15) is 24.5 Å². The first-order chi connectivity index (χ1) is 6.36. The zero-order valence-electron chi connectivity index (χ0n) is 8.55. The van der Waals surface area contributed by atoms with Gasteiger partial charge in [-0.05, 0) is 30.4 Å². The van der Waals surface area contributed by atoms with E-state index in [1.165, 1.54) is 11.1 Å². The fraction of sp³-hybridized carbons (Fsp3) is 0.500. The van der Waals surface area contributed by atoms with E-state index in [0.717, 1.165) is 25.9 Å². The van der Waals surface area contributed by atoms with Crippen LogP contribution in [-0.2, 0) is 17.6 Å². The number of methoxy groups -OCH3 is 1. The van der Waals surface area contributed by atoms with Crippen molar-refractivity contribution in [2.45, 2.75) is 26.2 Å². The monoisotopic (exact) mass is 178 g/mol. The molecule has 1 heteroatoms. The van der Waals surface area contributed by atoms with Gasteiger partial charge in [0, 0.05) is 13.7 Å². The highest BCUT2D eigenvalue weighted by Gasteiger charge is 1.94. The summed E-state index contributed by atoms with van der Waals surface area (Å²) in [5.41, 5.74) is 2.85. The van der Waals surface area contributed by atoms with Gasteiger partial charge in [0.25, 0.3) is 0 Å². The van der Waals surface area contributed by atoms with Gasteiger partial charge in [0.05, 0.1) is 0 Å². The predicted molar refractivity (Wildman–Crippen MR) is 56.0 cm³/mol. The Labute approximate surface area is 80.7 Å². The molecule has 0 aliphatic carbocycles. The van der Waals surface area contributed by atoms with Gasteiger partial charge in [-0.25, -0.2) is 0 Å². The summed E-state index contributed by atoms with van der Waals surface area (Å²) in [6, 6.07) is 8.80. The highest BCUT2D eigenvalue weighted by molar-refractivity contribution is 5.23. The Balaban J connectivity index is 2.46. The third-order valence-corrected chi connectivity index (χ3v) is 2.21. The van der Waals surface area contributed by atoms with Gasteiger partial charge in [0.15, 0.2) is 0 Å². The van der Waals surface area contributed by atoms with E-state index < -0.39 is 0 Å². The molecule has 0 saturated heterocycles. The minimum atomic E-state index is 0.857. The molecule has 0 fully saturated rings. The maximum Gasteiger partial charge on any atom is 0.0465 e. The van der Waals surface area contributed by atoms with Crippen LogP contribution in [0, 0.1) is 0 Å². The van der Waals surface area contributed by atoms with Crippen molar-refractivity contribution >= 4 is 0 Å². The van der Waals surface area contributed by atoms with Crippen molar-refractivity contribution in [3.05, 3.63) is 35.4 Å². The van der Waals surface area contributed by atoms with Gasteiger partial charge < -0.3 is 4.74 Å². The molecule has 1 rings (SSSR count). The van der Waals surface area contributed by atoms with E-state index in [0.29, 0.717) is 0 Å². The van der Waals surface area contributed by atoms with Crippen LogP contribution in [0.5, 0.6) is 0 Å². The summed E-state index contributed by atoms with van der Waals surface area (Å²) in [7, 11) is 1.75. The highest BCUT2D eigenvalue weighted by atomic mass is 16.5. The first-order valence-corrected chi connectivity index (χ1v) is 4.93. The Morgan fingerprint density at radius 2 is 2.00 bits per heavy atom. The Hall–Kier alpha value is -0.820. The molecule has 0 bridgehead atoms. The highest BCUT2D eigenvalue weighted by Crippen LogP contribution is 2.07. The first kappa shape index (κ1) is 10.3. The molecule has 0 aromatic heterocycles. The maximum atomic E-state index is 5.02. The van der Waals surface area contributed by atoms with E-state index >= 15 is 0 Å². The summed E-state index contributed by atoms with van der Waals surface area (Å²) in [6.45, 7) is 3.05. The van der Waals surface area contributed by atoms with E-state index in [9.17, 15) is 0 Å². The van der Waals surface area contributed by atoms with Crippen LogP contribution >= 0.6 is 0 Å². The summed E-state index contributed by atoms with van der Waals surface area (Å²) < 4.78 is 5.02. The number of aryl methyl sites for hydroxylation is 2. The van der Waals surface area contributed by atoms with Crippen LogP contribution in [0.25, 0.3) is 0 Å². The van der Waals surface area contributed by atoms with Crippen LogP contribution in [0.4, 0.5) is 0 Å². The number of hydrogen-bond donors (Lipinski definition) is 0. The van der Waals surface area contributed by atoms with Gasteiger partial charge in [-0.2, -0.15) is 0 Å². The van der Waals surface area contributed by atoms with Crippen molar-refractivity contribution in [2.75, 3.05) is 13.7 Å². The van der Waals surface area contributed by atoms with E-state index in [1.807, 2.05) is 0 Å². The molecule has 0 spiro atoms. The van der Waals surface area contributed by atoms with Crippen molar-refractivity contribution in [3.8, 4) is 0 Å². The molecule has 0 aliphatic heterocycles. The lowest BCUT2D eigenvalue weighted by Gasteiger charge is -2.02. The van der Waals surface area contributed by atoms with Crippen molar-refractivity contribution in [2.24, 2.45) is 0 Å². The Kier molecular flexibility index (Phi) is 4.55. The van der Waals surface area contributed by atoms with Crippen LogP contribution < -0.4 is 0 Å². The molecule has 0 heterocycles. The third kappa shape index (κ3) is 3.60. The van der Waals surface area contributed by atoms with Crippen LogP contribution in [-0.4, -0.2) is 13.7 Å². The topological polar surface area (TPSA) is 9.23 Å². The molecule has 13 heavy (non-hydrogen) atoms. The number of ether oxygens (including phenoxy) is 1. The lowest BCUT2D eigenvalue weighted by molar-refractivity contribution is 0.195. The normalized spacial score (nSPS) is 10.3. The van der Waals surface area contributed by atoms with Crippen molar-refractivity contribution < 1.29 is 4.74 Å². The van der Waals surface area contributed by atoms with Crippen molar-refractivity contribution in [3.63, 3.8) is 0 Å². The second-order valence-electron chi connectivity index (χ2n) is 3.27. The average Bonchev–Trinajstić information content (AvgIpc) is 2.19. The summed E-state index contributed by atoms with van der Waals surface area (Å²) in [4.78, 5) is 0. The minimum Gasteiger partial charge on any atom is -0.385 e. The summed E-state index contributed by atoms with van der Waals surface area (Å²) in [5, 5.41) is 0. The molecular formula is C12H18O. The van der Waals surface area contributed by atoms with Crippen LogP contribution in [0.2, 0.25) is 0 Å². The zero-order valence-corrected chi connectivity index (χ0v) is 8.55. The van der Waals surface area contributed by atoms with Gasteiger partial charge in [-0.15, -0.1) is 0 Å². The molecule has 1 nitrogen and oxygen atoms in total. The molecule has 0 aliphatic rings. The van der Waals surface area contributed by atoms with E-state index in [2.05, 4.69) is 31.2 Å². The molecule has 1 aromatic rings. The third-order valence-electron chi connectivity index (χ3n) is 2.21. The standard InChI is InChI=1S/C12H18O/c1-3-11-6-4-7-12(10-11)8-5-9-13-2/h4,6-7,10H,3,5,8-9H2,1-2H3. The largest absolute Gasteiger partial charge is 0.385 e. The van der Waals surface area contributed by atoms with Gasteiger partial charge in [-0.3, -0.25) is 0 Å². The lowest BCUT2D eigenvalue weighted by Crippen LogP contribution is -1.93.